The third-order valence-corrected chi connectivity index (χ3v) is 5.65. The van der Waals surface area contributed by atoms with Gasteiger partial charge in [-0.25, -0.2) is 4.79 Å². The molecule has 3 nitrogen and oxygen atoms in total. The van der Waals surface area contributed by atoms with E-state index in [0.29, 0.717) is 5.56 Å². The van der Waals surface area contributed by atoms with Crippen molar-refractivity contribution in [1.82, 2.24) is 0 Å². The molecule has 0 fully saturated rings. The van der Waals surface area contributed by atoms with E-state index in [0.717, 1.165) is 46.6 Å². The van der Waals surface area contributed by atoms with Gasteiger partial charge in [-0.05, 0) is 73.7 Å². The van der Waals surface area contributed by atoms with Crippen molar-refractivity contribution in [2.45, 2.75) is 33.6 Å². The Balaban J connectivity index is 1.86. The van der Waals surface area contributed by atoms with Gasteiger partial charge in [-0.15, -0.1) is 0 Å². The number of carbonyl (C=O) groups excluding carboxylic acids is 2. The van der Waals surface area contributed by atoms with Crippen molar-refractivity contribution < 1.29 is 14.3 Å². The van der Waals surface area contributed by atoms with Crippen molar-refractivity contribution in [2.24, 2.45) is 0 Å². The fourth-order valence-corrected chi connectivity index (χ4v) is 3.80. The summed E-state index contributed by atoms with van der Waals surface area (Å²) in [5.74, 6) is -0.426. The predicted octanol–water partition coefficient (Wildman–Crippen LogP) is 7.99. The summed E-state index contributed by atoms with van der Waals surface area (Å²) in [6, 6.07) is 21.5. The van der Waals surface area contributed by atoms with Crippen LogP contribution >= 0.6 is 0 Å². The summed E-state index contributed by atoms with van der Waals surface area (Å²) in [6.45, 7) is 6.45. The van der Waals surface area contributed by atoms with Crippen LogP contribution in [0.4, 0.5) is 0 Å². The average Bonchev–Trinajstić information content (AvgIpc) is 2.86. The van der Waals surface area contributed by atoms with Gasteiger partial charge in [0.25, 0.3) is 0 Å². The Labute approximate surface area is 208 Å². The van der Waals surface area contributed by atoms with Crippen LogP contribution in [0.1, 0.15) is 55.1 Å². The van der Waals surface area contributed by atoms with Gasteiger partial charge in [-0.1, -0.05) is 84.0 Å². The van der Waals surface area contributed by atoms with E-state index in [1.807, 2.05) is 85.8 Å². The minimum absolute atomic E-state index is 0.232. The van der Waals surface area contributed by atoms with Crippen LogP contribution in [0.2, 0.25) is 0 Å². The molecular weight excluding hydrogens is 432 g/mol. The first kappa shape index (κ1) is 25.6. The van der Waals surface area contributed by atoms with Crippen LogP contribution in [0.15, 0.2) is 102 Å². The van der Waals surface area contributed by atoms with Crippen LogP contribution in [0.3, 0.4) is 0 Å². The molecule has 3 rings (SSSR count). The van der Waals surface area contributed by atoms with E-state index in [-0.39, 0.29) is 6.61 Å². The van der Waals surface area contributed by atoms with Gasteiger partial charge < -0.3 is 4.74 Å². The molecule has 0 aliphatic carbocycles. The summed E-state index contributed by atoms with van der Waals surface area (Å²) < 4.78 is 5.41. The number of rotatable bonds is 10. The molecule has 0 saturated heterocycles. The van der Waals surface area contributed by atoms with Crippen LogP contribution in [0, 0.1) is 0 Å². The lowest BCUT2D eigenvalue weighted by atomic mass is 9.92. The van der Waals surface area contributed by atoms with Gasteiger partial charge in [0.2, 0.25) is 0 Å². The molecule has 0 aromatic heterocycles. The number of hydrogen-bond acceptors (Lipinski definition) is 3. The van der Waals surface area contributed by atoms with Crippen LogP contribution in [0.25, 0.3) is 22.4 Å². The van der Waals surface area contributed by atoms with E-state index in [2.05, 4.69) is 19.9 Å². The van der Waals surface area contributed by atoms with Crippen molar-refractivity contribution in [3.8, 4) is 0 Å². The van der Waals surface area contributed by atoms with Gasteiger partial charge in [0, 0.05) is 17.2 Å². The molecule has 3 aromatic rings. The van der Waals surface area contributed by atoms with E-state index in [1.54, 1.807) is 6.08 Å². The molecule has 0 radical (unpaired) electrons. The number of benzene rings is 3. The number of hydrogen-bond donors (Lipinski definition) is 0. The molecule has 0 amide bonds. The number of ether oxygens (including phenoxy) is 1. The summed E-state index contributed by atoms with van der Waals surface area (Å²) in [4.78, 5) is 24.4. The van der Waals surface area contributed by atoms with E-state index < -0.39 is 5.97 Å². The molecule has 178 valence electrons. The molecule has 3 aromatic carbocycles. The smallest absolute Gasteiger partial charge is 0.331 e. The summed E-state index contributed by atoms with van der Waals surface area (Å²) in [7, 11) is 0. The monoisotopic (exact) mass is 464 g/mol. The van der Waals surface area contributed by atoms with Gasteiger partial charge in [0.05, 0.1) is 0 Å². The normalized spacial score (nSPS) is 12.1. The molecule has 0 atom stereocenters. The summed E-state index contributed by atoms with van der Waals surface area (Å²) >= 11 is 0. The molecule has 0 spiro atoms. The average molecular weight is 465 g/mol. The van der Waals surface area contributed by atoms with Crippen molar-refractivity contribution in [1.29, 1.82) is 0 Å². The quantitative estimate of drug-likeness (QED) is 0.0763. The first-order valence-electron chi connectivity index (χ1n) is 11.9. The van der Waals surface area contributed by atoms with Crippen LogP contribution in [-0.4, -0.2) is 18.9 Å². The lowest BCUT2D eigenvalue weighted by Crippen LogP contribution is -2.01. The number of carbonyl (C=O) groups is 2. The topological polar surface area (TPSA) is 43.4 Å². The molecular formula is C32H32O3. The minimum atomic E-state index is -0.426. The highest BCUT2D eigenvalue weighted by atomic mass is 16.5. The highest BCUT2D eigenvalue weighted by molar-refractivity contribution is 6.07. The Kier molecular flexibility index (Phi) is 9.56. The first-order chi connectivity index (χ1) is 17.0. The van der Waals surface area contributed by atoms with Crippen LogP contribution in [0.5, 0.6) is 0 Å². The van der Waals surface area contributed by atoms with Gasteiger partial charge in [-0.3, -0.25) is 4.79 Å². The van der Waals surface area contributed by atoms with Gasteiger partial charge in [0.1, 0.15) is 6.61 Å². The van der Waals surface area contributed by atoms with Crippen molar-refractivity contribution in [2.75, 3.05) is 6.61 Å². The Hall–Kier alpha value is -3.98. The highest BCUT2D eigenvalue weighted by Crippen LogP contribution is 2.30. The summed E-state index contributed by atoms with van der Waals surface area (Å²) in [5, 5.41) is 1.98. The second kappa shape index (κ2) is 13.0. The summed E-state index contributed by atoms with van der Waals surface area (Å²) in [5.41, 5.74) is 5.59. The predicted molar refractivity (Wildman–Crippen MR) is 146 cm³/mol. The van der Waals surface area contributed by atoms with E-state index >= 15 is 0 Å². The third-order valence-electron chi connectivity index (χ3n) is 5.65. The van der Waals surface area contributed by atoms with E-state index in [9.17, 15) is 9.59 Å². The molecule has 0 N–H and O–H groups in total. The number of fused-ring (bicyclic) bond motifs is 1. The molecule has 0 aliphatic rings. The molecule has 0 heterocycles. The molecule has 0 bridgehead atoms. The number of esters is 1. The second-order valence-corrected chi connectivity index (χ2v) is 8.71. The highest BCUT2D eigenvalue weighted by Gasteiger charge is 2.11. The van der Waals surface area contributed by atoms with Crippen molar-refractivity contribution in [3.05, 3.63) is 119 Å². The first-order valence-corrected chi connectivity index (χ1v) is 11.9. The maximum Gasteiger partial charge on any atom is 0.331 e. The zero-order valence-electron chi connectivity index (χ0n) is 20.7. The Morgan fingerprint density at radius 2 is 1.60 bits per heavy atom. The van der Waals surface area contributed by atoms with Gasteiger partial charge in [-0.2, -0.15) is 0 Å². The Bertz CT molecular complexity index is 1290. The number of aldehydes is 1. The second-order valence-electron chi connectivity index (χ2n) is 8.71. The Morgan fingerprint density at radius 1 is 0.857 bits per heavy atom. The molecule has 3 heteroatoms. The lowest BCUT2D eigenvalue weighted by Gasteiger charge is -2.11. The molecule has 0 saturated carbocycles. The van der Waals surface area contributed by atoms with Crippen molar-refractivity contribution in [3.63, 3.8) is 0 Å². The minimum Gasteiger partial charge on any atom is -0.458 e. The standard InChI is InChI=1S/C32H32O3/c1-24(2)10-9-11-25(3)20-21-35-31(34)19-18-28(22-26-12-5-4-6-13-26)32-29(23-33)17-16-27-14-7-8-15-30(27)32/h4-8,10,12-20,22-23H,9,11,21H2,1-3H3/b19-18+,25-20+,28-22-. The van der Waals surface area contributed by atoms with Crippen LogP contribution in [-0.2, 0) is 9.53 Å². The summed E-state index contributed by atoms with van der Waals surface area (Å²) in [6.07, 6.45) is 12.1. The van der Waals surface area contributed by atoms with Crippen molar-refractivity contribution >= 4 is 34.7 Å². The molecule has 0 unspecified atom stereocenters. The molecule has 0 aliphatic heterocycles. The van der Waals surface area contributed by atoms with Crippen LogP contribution < -0.4 is 0 Å². The third kappa shape index (κ3) is 7.79. The lowest BCUT2D eigenvalue weighted by molar-refractivity contribution is -0.136. The fourth-order valence-electron chi connectivity index (χ4n) is 3.80. The number of allylic oxidation sites excluding steroid dienone is 5. The SMILES string of the molecule is CC(C)=CCC/C(C)=C/COC(=O)/C=C/C(=C/c1ccccc1)c1c(C=O)ccc2ccccc12. The van der Waals surface area contributed by atoms with E-state index in [1.165, 1.54) is 17.2 Å². The fraction of sp³-hybridized carbons (Fsp3) is 0.188. The zero-order chi connectivity index (χ0) is 25.0. The van der Waals surface area contributed by atoms with Gasteiger partial charge >= 0.3 is 5.97 Å². The maximum atomic E-state index is 12.5. The van der Waals surface area contributed by atoms with Gasteiger partial charge in [0.15, 0.2) is 6.29 Å². The largest absolute Gasteiger partial charge is 0.458 e. The van der Waals surface area contributed by atoms with E-state index in [4.69, 9.17) is 4.74 Å². The Morgan fingerprint density at radius 3 is 2.34 bits per heavy atom. The molecule has 35 heavy (non-hydrogen) atoms. The maximum absolute atomic E-state index is 12.5. The zero-order valence-corrected chi connectivity index (χ0v) is 20.7.